The largest absolute Gasteiger partial charge is 0.457 e. The fourth-order valence-corrected chi connectivity index (χ4v) is 5.11. The first-order valence-corrected chi connectivity index (χ1v) is 12.5. The maximum Gasteiger partial charge on any atom is 0.311 e. The van der Waals surface area contributed by atoms with Gasteiger partial charge >= 0.3 is 5.97 Å². The first-order valence-electron chi connectivity index (χ1n) is 10.9. The molecular weight excluding hydrogens is 578 g/mol. The predicted octanol–water partition coefficient (Wildman–Crippen LogP) is 6.18. The van der Waals surface area contributed by atoms with Gasteiger partial charge in [-0.2, -0.15) is 5.26 Å². The number of para-hydroxylation sites is 1. The molecule has 0 heterocycles. The Bertz CT molecular complexity index is 1270. The van der Waals surface area contributed by atoms with Crippen molar-refractivity contribution in [3.05, 3.63) is 81.3 Å². The first-order chi connectivity index (χ1) is 16.6. The second-order valence-electron chi connectivity index (χ2n) is 8.98. The Labute approximate surface area is 219 Å². The minimum atomic E-state index is -1.10. The molecule has 178 valence electrons. The van der Waals surface area contributed by atoms with Crippen LogP contribution in [0.1, 0.15) is 25.5 Å². The van der Waals surface area contributed by atoms with Gasteiger partial charge in [-0.3, -0.25) is 14.4 Å². The van der Waals surface area contributed by atoms with E-state index in [1.165, 1.54) is 0 Å². The van der Waals surface area contributed by atoms with Crippen molar-refractivity contribution < 1.29 is 23.9 Å². The number of ketones is 2. The maximum absolute atomic E-state index is 13.0. The van der Waals surface area contributed by atoms with Gasteiger partial charge in [0.05, 0.1) is 14.9 Å². The molecule has 2 aliphatic rings. The molecule has 0 amide bonds. The lowest BCUT2D eigenvalue weighted by atomic mass is 10.0. The molecule has 8 heteroatoms. The van der Waals surface area contributed by atoms with Gasteiger partial charge < -0.3 is 9.47 Å². The average Bonchev–Trinajstić information content (AvgIpc) is 3.35. The second-order valence-corrected chi connectivity index (χ2v) is 10.6. The molecule has 0 saturated heterocycles. The molecule has 0 radical (unpaired) electrons. The maximum atomic E-state index is 13.0. The van der Waals surface area contributed by atoms with Gasteiger partial charge in [0.1, 0.15) is 23.5 Å². The van der Waals surface area contributed by atoms with Crippen LogP contribution in [0.25, 0.3) is 0 Å². The predicted molar refractivity (Wildman–Crippen MR) is 136 cm³/mol. The Kier molecular flexibility index (Phi) is 7.11. The van der Waals surface area contributed by atoms with Crippen LogP contribution < -0.4 is 4.74 Å². The highest BCUT2D eigenvalue weighted by atomic mass is 79.9. The van der Waals surface area contributed by atoms with Crippen molar-refractivity contribution in [3.63, 3.8) is 0 Å². The first kappa shape index (κ1) is 25.1. The highest BCUT2D eigenvalue weighted by molar-refractivity contribution is 9.14. The van der Waals surface area contributed by atoms with Crippen molar-refractivity contribution in [3.8, 4) is 17.6 Å². The van der Waals surface area contributed by atoms with Gasteiger partial charge in [0.2, 0.25) is 6.10 Å². The molecule has 1 fully saturated rings. The summed E-state index contributed by atoms with van der Waals surface area (Å²) in [6.45, 7) is 3.82. The molecule has 3 atom stereocenters. The number of nitrogens with zero attached hydrogens (tertiary/aromatic N) is 1. The fraction of sp³-hybridized carbons (Fsp3) is 0.259. The summed E-state index contributed by atoms with van der Waals surface area (Å²) >= 11 is 6.25. The third-order valence-corrected chi connectivity index (χ3v) is 8.46. The Balaban J connectivity index is 1.43. The SMILES string of the molecule is CC1(C)C(/C=C/C2C(=O)C(Br)=C(Br)C2=O)C1C(=O)OC(C#N)c1cccc(Oc2ccccc2)c1. The van der Waals surface area contributed by atoms with Gasteiger partial charge in [0.15, 0.2) is 11.6 Å². The van der Waals surface area contributed by atoms with Gasteiger partial charge in [-0.25, -0.2) is 0 Å². The van der Waals surface area contributed by atoms with Gasteiger partial charge in [-0.1, -0.05) is 56.3 Å². The molecule has 0 aromatic heterocycles. The van der Waals surface area contributed by atoms with Crippen LogP contribution in [0, 0.1) is 34.5 Å². The average molecular weight is 599 g/mol. The molecule has 3 unspecified atom stereocenters. The highest BCUT2D eigenvalue weighted by Crippen LogP contribution is 2.60. The van der Waals surface area contributed by atoms with E-state index in [1.54, 1.807) is 36.4 Å². The van der Waals surface area contributed by atoms with Crippen molar-refractivity contribution in [1.82, 2.24) is 0 Å². The van der Waals surface area contributed by atoms with Crippen LogP contribution in [-0.2, 0) is 19.1 Å². The van der Waals surface area contributed by atoms with Crippen LogP contribution in [0.15, 0.2) is 75.7 Å². The van der Waals surface area contributed by atoms with Crippen LogP contribution in [-0.4, -0.2) is 17.5 Å². The molecule has 0 aliphatic heterocycles. The lowest BCUT2D eigenvalue weighted by molar-refractivity contribution is -0.149. The summed E-state index contributed by atoms with van der Waals surface area (Å²) in [4.78, 5) is 37.5. The number of hydrogen-bond acceptors (Lipinski definition) is 6. The lowest BCUT2D eigenvalue weighted by Crippen LogP contribution is -2.15. The summed E-state index contributed by atoms with van der Waals surface area (Å²) in [6, 6.07) is 18.1. The van der Waals surface area contributed by atoms with Gasteiger partial charge in [-0.15, -0.1) is 0 Å². The van der Waals surface area contributed by atoms with Crippen LogP contribution >= 0.6 is 31.9 Å². The van der Waals surface area contributed by atoms with Crippen molar-refractivity contribution in [2.24, 2.45) is 23.2 Å². The van der Waals surface area contributed by atoms with Crippen molar-refractivity contribution in [2.75, 3.05) is 0 Å². The highest BCUT2D eigenvalue weighted by Gasteiger charge is 2.61. The van der Waals surface area contributed by atoms with Crippen molar-refractivity contribution >= 4 is 49.4 Å². The molecule has 0 N–H and O–H groups in total. The minimum absolute atomic E-state index is 0.221. The normalized spacial score (nSPS) is 22.3. The van der Waals surface area contributed by atoms with E-state index in [1.807, 2.05) is 50.2 Å². The number of esters is 1. The molecule has 2 aromatic carbocycles. The number of Topliss-reactive ketones (excluding diaryl/α,β-unsaturated/α-hetero) is 2. The van der Waals surface area contributed by atoms with Crippen molar-refractivity contribution in [2.45, 2.75) is 20.0 Å². The van der Waals surface area contributed by atoms with E-state index in [0.29, 0.717) is 17.1 Å². The molecule has 1 saturated carbocycles. The van der Waals surface area contributed by atoms with Crippen LogP contribution in [0.4, 0.5) is 0 Å². The van der Waals surface area contributed by atoms with Crippen LogP contribution in [0.3, 0.4) is 0 Å². The minimum Gasteiger partial charge on any atom is -0.457 e. The smallest absolute Gasteiger partial charge is 0.311 e. The summed E-state index contributed by atoms with van der Waals surface area (Å²) < 4.78 is 11.8. The molecule has 2 aliphatic carbocycles. The van der Waals surface area contributed by atoms with E-state index in [9.17, 15) is 19.6 Å². The number of hydrogen-bond donors (Lipinski definition) is 0. The quantitative estimate of drug-likeness (QED) is 0.214. The standard InChI is InChI=1S/C27H21Br2NO5/c1-27(2)19(12-11-18-24(31)22(28)23(29)25(18)32)21(27)26(33)35-20(14-30)15-7-6-10-17(13-15)34-16-8-4-3-5-9-16/h3-13,18-21H,1-2H3/b12-11+. The van der Waals surface area contributed by atoms with E-state index in [4.69, 9.17) is 9.47 Å². The van der Waals surface area contributed by atoms with E-state index >= 15 is 0 Å². The van der Waals surface area contributed by atoms with E-state index in [-0.39, 0.29) is 26.4 Å². The topological polar surface area (TPSA) is 93.5 Å². The fourth-order valence-electron chi connectivity index (χ4n) is 4.23. The molecule has 4 rings (SSSR count). The van der Waals surface area contributed by atoms with E-state index in [2.05, 4.69) is 31.9 Å². The summed E-state index contributed by atoms with van der Waals surface area (Å²) in [5.74, 6) is -1.60. The third kappa shape index (κ3) is 5.02. The number of halogens is 2. The van der Waals surface area contributed by atoms with E-state index in [0.717, 1.165) is 0 Å². The molecule has 35 heavy (non-hydrogen) atoms. The summed E-state index contributed by atoms with van der Waals surface area (Å²) in [5, 5.41) is 9.69. The number of carbonyl (C=O) groups is 3. The summed E-state index contributed by atoms with van der Waals surface area (Å²) in [7, 11) is 0. The molecule has 6 nitrogen and oxygen atoms in total. The van der Waals surface area contributed by atoms with Gasteiger partial charge in [0.25, 0.3) is 0 Å². The number of benzene rings is 2. The van der Waals surface area contributed by atoms with Crippen LogP contribution in [0.5, 0.6) is 11.5 Å². The Morgan fingerprint density at radius 3 is 2.26 bits per heavy atom. The summed E-state index contributed by atoms with van der Waals surface area (Å²) in [6.07, 6.45) is 2.18. The van der Waals surface area contributed by atoms with Gasteiger partial charge in [0, 0.05) is 5.56 Å². The molecule has 2 aromatic rings. The second kappa shape index (κ2) is 9.92. The van der Waals surface area contributed by atoms with Crippen molar-refractivity contribution in [1.29, 1.82) is 5.26 Å². The number of ether oxygens (including phenoxy) is 2. The summed E-state index contributed by atoms with van der Waals surface area (Å²) in [5.41, 5.74) is 0.0705. The molecular formula is C27H21Br2NO5. The third-order valence-electron chi connectivity index (χ3n) is 6.36. The molecule has 0 bridgehead atoms. The number of nitriles is 1. The number of allylic oxidation sites excluding steroid dienone is 4. The Morgan fingerprint density at radius 1 is 1.00 bits per heavy atom. The number of rotatable bonds is 7. The lowest BCUT2D eigenvalue weighted by Gasteiger charge is -2.13. The molecule has 0 spiro atoms. The monoisotopic (exact) mass is 597 g/mol. The Hall–Kier alpha value is -3.02. The van der Waals surface area contributed by atoms with E-state index < -0.39 is 29.3 Å². The van der Waals surface area contributed by atoms with Crippen LogP contribution in [0.2, 0.25) is 0 Å². The zero-order chi connectivity index (χ0) is 25.3. The zero-order valence-electron chi connectivity index (χ0n) is 18.9. The van der Waals surface area contributed by atoms with Gasteiger partial charge in [-0.05, 0) is 67.5 Å². The zero-order valence-corrected chi connectivity index (χ0v) is 22.1. The Morgan fingerprint density at radius 2 is 1.63 bits per heavy atom. The number of carbonyl (C=O) groups excluding carboxylic acids is 3.